The second-order valence-corrected chi connectivity index (χ2v) is 20.5. The fraction of sp³-hybridized carbons (Fsp3) is 0.938. The fourth-order valence-electron chi connectivity index (χ4n) is 13.9. The summed E-state index contributed by atoms with van der Waals surface area (Å²) in [6, 6.07) is 0. The lowest BCUT2D eigenvalue weighted by Crippen LogP contribution is -2.50. The molecule has 12 bridgehead atoms. The Kier molecular flexibility index (Phi) is 16.7. The molecule has 0 saturated heterocycles. The molecule has 54 heavy (non-hydrogen) atoms. The van der Waals surface area contributed by atoms with Crippen LogP contribution in [0.3, 0.4) is 0 Å². The van der Waals surface area contributed by atoms with Crippen molar-refractivity contribution in [3.8, 4) is 0 Å². The number of rotatable bonds is 8. The van der Waals surface area contributed by atoms with Crippen LogP contribution in [0, 0.1) is 94.2 Å². The molecule has 12 fully saturated rings. The minimum absolute atomic E-state index is 0. The van der Waals surface area contributed by atoms with E-state index in [1.807, 2.05) is 41.5 Å². The molecule has 6 heteroatoms. The molecule has 0 aromatic carbocycles. The molecule has 0 atom stereocenters. The van der Waals surface area contributed by atoms with Gasteiger partial charge in [0.05, 0.1) is 31.0 Å². The third-order valence-electron chi connectivity index (χ3n) is 15.3. The van der Waals surface area contributed by atoms with Crippen molar-refractivity contribution in [2.75, 3.05) is 13.2 Å². The smallest absolute Gasteiger partial charge is 0.308 e. The van der Waals surface area contributed by atoms with Gasteiger partial charge in [0, 0.05) is 5.41 Å². The van der Waals surface area contributed by atoms with Gasteiger partial charge in [0.15, 0.2) is 0 Å². The normalized spacial score (nSPS) is 40.5. The Bertz CT molecular complexity index is 1130. The van der Waals surface area contributed by atoms with E-state index in [1.54, 1.807) is 0 Å². The van der Waals surface area contributed by atoms with Crippen molar-refractivity contribution in [3.63, 3.8) is 0 Å². The van der Waals surface area contributed by atoms with E-state index in [1.165, 1.54) is 103 Å². The lowest BCUT2D eigenvalue weighted by Gasteiger charge is -2.56. The minimum Gasteiger partial charge on any atom is -0.465 e. The summed E-state index contributed by atoms with van der Waals surface area (Å²) in [4.78, 5) is 34.9. The van der Waals surface area contributed by atoms with Crippen LogP contribution in [0.15, 0.2) is 0 Å². The van der Waals surface area contributed by atoms with Gasteiger partial charge < -0.3 is 14.2 Å². The summed E-state index contributed by atoms with van der Waals surface area (Å²) < 4.78 is 16.8. The van der Waals surface area contributed by atoms with Gasteiger partial charge >= 0.3 is 17.9 Å². The number of hydrogen-bond donors (Lipinski definition) is 0. The molecule has 12 saturated carbocycles. The van der Waals surface area contributed by atoms with E-state index < -0.39 is 0 Å². The van der Waals surface area contributed by atoms with E-state index in [9.17, 15) is 14.4 Å². The number of hydrogen-bond acceptors (Lipinski definition) is 6. The maximum Gasteiger partial charge on any atom is 0.308 e. The highest BCUT2D eigenvalue weighted by molar-refractivity contribution is 5.72. The van der Waals surface area contributed by atoms with Gasteiger partial charge in [-0.2, -0.15) is 0 Å². The first-order chi connectivity index (χ1) is 23.8. The summed E-state index contributed by atoms with van der Waals surface area (Å²) in [7, 11) is 0. The van der Waals surface area contributed by atoms with Gasteiger partial charge in [0.1, 0.15) is 6.10 Å². The zero-order valence-electron chi connectivity index (χ0n) is 32.4. The Hall–Kier alpha value is -1.59. The molecule has 0 aromatic rings. The van der Waals surface area contributed by atoms with Crippen LogP contribution < -0.4 is 0 Å². The second-order valence-electron chi connectivity index (χ2n) is 20.5. The predicted molar refractivity (Wildman–Crippen MR) is 221 cm³/mol. The maximum absolute atomic E-state index is 11.7. The summed E-state index contributed by atoms with van der Waals surface area (Å²) in [6.07, 6.45) is 22.5. The van der Waals surface area contributed by atoms with Crippen molar-refractivity contribution in [1.82, 2.24) is 0 Å². The molecule has 0 aliphatic heterocycles. The van der Waals surface area contributed by atoms with Gasteiger partial charge in [-0.1, -0.05) is 71.2 Å². The molecule has 0 radical (unpaired) electrons. The third kappa shape index (κ3) is 10.5. The van der Waals surface area contributed by atoms with E-state index >= 15 is 0 Å². The predicted octanol–water partition coefficient (Wildman–Crippen LogP) is 12.2. The molecule has 12 aliphatic rings. The quantitative estimate of drug-likeness (QED) is 0.181. The molecule has 0 N–H and O–H groups in total. The van der Waals surface area contributed by atoms with Gasteiger partial charge in [-0.05, 0) is 174 Å². The number of esters is 3. The third-order valence-corrected chi connectivity index (χ3v) is 15.3. The molecule has 0 aromatic heterocycles. The van der Waals surface area contributed by atoms with Crippen molar-refractivity contribution in [1.29, 1.82) is 0 Å². The van der Waals surface area contributed by atoms with Gasteiger partial charge in [0.2, 0.25) is 0 Å². The van der Waals surface area contributed by atoms with Crippen molar-refractivity contribution in [3.05, 3.63) is 0 Å². The average molecular weight is 759 g/mol. The molecule has 12 aliphatic carbocycles. The average Bonchev–Trinajstić information content (AvgIpc) is 3.04. The van der Waals surface area contributed by atoms with Crippen molar-refractivity contribution in [2.24, 2.45) is 94.2 Å². The van der Waals surface area contributed by atoms with E-state index in [0.717, 1.165) is 53.3 Å². The molecule has 6 nitrogen and oxygen atoms in total. The molecular formula is C48H86O6. The molecular weight excluding hydrogens is 673 g/mol. The molecule has 0 heterocycles. The van der Waals surface area contributed by atoms with Crippen LogP contribution in [0.25, 0.3) is 0 Å². The Morgan fingerprint density at radius 1 is 0.463 bits per heavy atom. The summed E-state index contributed by atoms with van der Waals surface area (Å²) >= 11 is 0. The Labute approximate surface area is 333 Å². The van der Waals surface area contributed by atoms with E-state index in [-0.39, 0.29) is 71.5 Å². The highest BCUT2D eigenvalue weighted by Crippen LogP contribution is 2.60. The Morgan fingerprint density at radius 2 is 0.796 bits per heavy atom. The summed E-state index contributed by atoms with van der Waals surface area (Å²) in [5.74, 6) is 10.6. The van der Waals surface area contributed by atoms with E-state index in [0.29, 0.717) is 36.4 Å². The first-order valence-electron chi connectivity index (χ1n) is 21.4. The first kappa shape index (κ1) is 46.8. The van der Waals surface area contributed by atoms with E-state index in [4.69, 9.17) is 14.2 Å². The van der Waals surface area contributed by atoms with E-state index in [2.05, 4.69) is 0 Å². The summed E-state index contributed by atoms with van der Waals surface area (Å²) in [5.41, 5.74) is 0.374. The van der Waals surface area contributed by atoms with Crippen LogP contribution in [0.2, 0.25) is 0 Å². The van der Waals surface area contributed by atoms with Crippen molar-refractivity contribution >= 4 is 17.9 Å². The monoisotopic (exact) mass is 759 g/mol. The molecule has 314 valence electrons. The van der Waals surface area contributed by atoms with Crippen LogP contribution in [0.5, 0.6) is 0 Å². The summed E-state index contributed by atoms with van der Waals surface area (Å²) in [6.45, 7) is 12.9. The van der Waals surface area contributed by atoms with Crippen molar-refractivity contribution in [2.45, 2.75) is 180 Å². The number of carbonyl (C=O) groups excluding carboxylic acids is 3. The van der Waals surface area contributed by atoms with Crippen LogP contribution in [-0.4, -0.2) is 37.2 Å². The van der Waals surface area contributed by atoms with Crippen LogP contribution in [0.4, 0.5) is 0 Å². The molecule has 0 amide bonds. The number of carbonyl (C=O) groups is 3. The van der Waals surface area contributed by atoms with Crippen LogP contribution >= 0.6 is 0 Å². The van der Waals surface area contributed by atoms with Gasteiger partial charge in [0.25, 0.3) is 0 Å². The first-order valence-corrected chi connectivity index (χ1v) is 21.4. The van der Waals surface area contributed by atoms with Crippen molar-refractivity contribution < 1.29 is 28.6 Å². The molecule has 12 rings (SSSR count). The summed E-state index contributed by atoms with van der Waals surface area (Å²) in [5, 5.41) is 0. The van der Waals surface area contributed by atoms with Crippen LogP contribution in [0.1, 0.15) is 174 Å². The Morgan fingerprint density at radius 3 is 1.17 bits per heavy atom. The topological polar surface area (TPSA) is 78.9 Å². The minimum atomic E-state index is -0.0150. The van der Waals surface area contributed by atoms with Gasteiger partial charge in [-0.25, -0.2) is 0 Å². The highest BCUT2D eigenvalue weighted by atomic mass is 16.5. The largest absolute Gasteiger partial charge is 0.465 e. The fourth-order valence-corrected chi connectivity index (χ4v) is 13.9. The second kappa shape index (κ2) is 19.2. The maximum atomic E-state index is 11.7. The van der Waals surface area contributed by atoms with Gasteiger partial charge in [-0.3, -0.25) is 14.4 Å². The molecule has 0 unspecified atom stereocenters. The lowest BCUT2D eigenvalue weighted by molar-refractivity contribution is -0.174. The standard InChI is InChI=1S/2C15H24O2.C14H22O2.4CH4/c1-10(2)14(16)17-9-15-6-11-3-12(7-15)5-13(4-11)8-15;1-9(2)15(16)17-8-14-12-4-10-3-11(6-12)7-13(14)5-10;1-8(2)14(15)16-13-11-4-9-3-10(6-11)7-12(13)5-9;;;;/h10-13H,3-9H2,1-2H3;9-14H,3-8H2,1-2H3;8-13H,3-7H2,1-2H3;4*1H4. The van der Waals surface area contributed by atoms with Gasteiger partial charge in [-0.15, -0.1) is 0 Å². The lowest BCUT2D eigenvalue weighted by atomic mass is 9.50. The zero-order valence-corrected chi connectivity index (χ0v) is 32.4. The SMILES string of the molecule is C.C.C.C.CC(C)C(=O)OC1C2CC3CC(C2)CC1C3.CC(C)C(=O)OCC12CC3CC(CC(C3)C1)C2.CC(C)C(=O)OCC1C2CC3CC(C2)CC1C3. The highest BCUT2D eigenvalue weighted by Gasteiger charge is 2.52. The van der Waals surface area contributed by atoms with Crippen LogP contribution in [-0.2, 0) is 28.6 Å². The molecule has 0 spiro atoms. The number of ether oxygens (including phenoxy) is 3. The Balaban J connectivity index is 0.000000210. The zero-order chi connectivity index (χ0) is 35.3.